The first-order valence-corrected chi connectivity index (χ1v) is 9.66. The maximum atomic E-state index is 13.1. The van der Waals surface area contributed by atoms with Gasteiger partial charge in [0.1, 0.15) is 0 Å². The Kier molecular flexibility index (Phi) is 5.69. The lowest BCUT2D eigenvalue weighted by Crippen LogP contribution is -2.39. The lowest BCUT2D eigenvalue weighted by molar-refractivity contribution is 0.315. The van der Waals surface area contributed by atoms with Crippen LogP contribution in [0, 0.1) is 6.92 Å². The largest absolute Gasteiger partial charge is 0.243 e. The molecular weight excluding hydrogens is 306 g/mol. The van der Waals surface area contributed by atoms with E-state index in [-0.39, 0.29) is 6.04 Å². The molecule has 2 rings (SSSR count). The molecule has 5 heteroatoms. The minimum absolute atomic E-state index is 0.122. The molecule has 0 aliphatic carbocycles. The van der Waals surface area contributed by atoms with Gasteiger partial charge in [-0.2, -0.15) is 4.31 Å². The van der Waals surface area contributed by atoms with Crippen LogP contribution in [0.2, 0.25) is 0 Å². The topological polar surface area (TPSA) is 37.4 Å². The third-order valence-corrected chi connectivity index (χ3v) is 6.81. The average Bonchev–Trinajstić information content (AvgIpc) is 2.72. The van der Waals surface area contributed by atoms with Crippen LogP contribution in [0.3, 0.4) is 0 Å². The second-order valence-electron chi connectivity index (χ2n) is 5.70. The van der Waals surface area contributed by atoms with E-state index in [0.717, 1.165) is 43.2 Å². The predicted octanol–water partition coefficient (Wildman–Crippen LogP) is 4.08. The molecule has 1 saturated heterocycles. The molecule has 21 heavy (non-hydrogen) atoms. The zero-order valence-electron chi connectivity index (χ0n) is 12.8. The van der Waals surface area contributed by atoms with Gasteiger partial charge < -0.3 is 0 Å². The Morgan fingerprint density at radius 3 is 2.71 bits per heavy atom. The molecule has 118 valence electrons. The summed E-state index contributed by atoms with van der Waals surface area (Å²) in [7, 11) is -3.44. The van der Waals surface area contributed by atoms with Crippen LogP contribution in [0.15, 0.2) is 23.1 Å². The maximum absolute atomic E-state index is 13.1. The van der Waals surface area contributed by atoms with Crippen molar-refractivity contribution in [2.75, 3.05) is 6.54 Å². The van der Waals surface area contributed by atoms with E-state index in [1.165, 1.54) is 0 Å². The second-order valence-corrected chi connectivity index (χ2v) is 7.83. The van der Waals surface area contributed by atoms with Gasteiger partial charge in [0.15, 0.2) is 0 Å². The van der Waals surface area contributed by atoms with Crippen molar-refractivity contribution in [1.82, 2.24) is 4.31 Å². The summed E-state index contributed by atoms with van der Waals surface area (Å²) in [5.41, 5.74) is 1.67. The van der Waals surface area contributed by atoms with Crippen LogP contribution in [0.4, 0.5) is 0 Å². The average molecular weight is 330 g/mol. The summed E-state index contributed by atoms with van der Waals surface area (Å²) in [4.78, 5) is 0.418. The maximum Gasteiger partial charge on any atom is 0.243 e. The van der Waals surface area contributed by atoms with Gasteiger partial charge >= 0.3 is 0 Å². The van der Waals surface area contributed by atoms with Crippen LogP contribution in [0.25, 0.3) is 0 Å². The zero-order chi connectivity index (χ0) is 15.5. The molecule has 1 aromatic carbocycles. The molecule has 0 bridgehead atoms. The molecule has 1 aliphatic rings. The number of rotatable bonds is 4. The highest BCUT2D eigenvalue weighted by Gasteiger charge is 2.32. The normalized spacial score (nSPS) is 21.2. The van der Waals surface area contributed by atoms with E-state index in [0.29, 0.717) is 17.3 Å². The summed E-state index contributed by atoms with van der Waals surface area (Å²) in [5, 5.41) is 0. The predicted molar refractivity (Wildman–Crippen MR) is 87.2 cm³/mol. The summed E-state index contributed by atoms with van der Waals surface area (Å²) in [6, 6.07) is 5.51. The van der Waals surface area contributed by atoms with E-state index in [9.17, 15) is 8.42 Å². The van der Waals surface area contributed by atoms with Crippen LogP contribution in [-0.2, 0) is 15.9 Å². The van der Waals surface area contributed by atoms with E-state index < -0.39 is 10.0 Å². The Balaban J connectivity index is 2.45. The van der Waals surface area contributed by atoms with Gasteiger partial charge in [-0.25, -0.2) is 8.42 Å². The smallest absolute Gasteiger partial charge is 0.207 e. The van der Waals surface area contributed by atoms with Gasteiger partial charge in [0, 0.05) is 18.5 Å². The number of halogens is 1. The van der Waals surface area contributed by atoms with Crippen molar-refractivity contribution < 1.29 is 8.42 Å². The number of sulfonamides is 1. The van der Waals surface area contributed by atoms with E-state index >= 15 is 0 Å². The minimum atomic E-state index is -3.44. The molecule has 1 aromatic rings. The van der Waals surface area contributed by atoms with Crippen molar-refractivity contribution in [3.63, 3.8) is 0 Å². The van der Waals surface area contributed by atoms with E-state index in [2.05, 4.69) is 6.92 Å². The van der Waals surface area contributed by atoms with Crippen LogP contribution in [0.1, 0.15) is 50.2 Å². The molecule has 0 aromatic heterocycles. The Bertz CT molecular complexity index is 586. The second kappa shape index (κ2) is 7.12. The highest BCUT2D eigenvalue weighted by Crippen LogP contribution is 2.29. The zero-order valence-corrected chi connectivity index (χ0v) is 14.4. The number of nitrogens with zero attached hydrogens (tertiary/aromatic N) is 1. The van der Waals surface area contributed by atoms with E-state index in [1.807, 2.05) is 13.0 Å². The van der Waals surface area contributed by atoms with Gasteiger partial charge in [-0.15, -0.1) is 11.6 Å². The molecule has 1 heterocycles. The molecule has 0 spiro atoms. The molecule has 1 unspecified atom stereocenters. The highest BCUT2D eigenvalue weighted by atomic mass is 35.5. The summed E-state index contributed by atoms with van der Waals surface area (Å²) >= 11 is 5.91. The lowest BCUT2D eigenvalue weighted by Gasteiger charge is -2.29. The van der Waals surface area contributed by atoms with Crippen molar-refractivity contribution in [3.05, 3.63) is 29.3 Å². The van der Waals surface area contributed by atoms with Crippen LogP contribution < -0.4 is 0 Å². The van der Waals surface area contributed by atoms with Gasteiger partial charge in [-0.1, -0.05) is 31.9 Å². The first kappa shape index (κ1) is 16.8. The Morgan fingerprint density at radius 1 is 1.29 bits per heavy atom. The van der Waals surface area contributed by atoms with Crippen molar-refractivity contribution in [2.24, 2.45) is 0 Å². The summed E-state index contributed by atoms with van der Waals surface area (Å²) < 4.78 is 27.9. The molecule has 0 saturated carbocycles. The molecule has 1 atom stereocenters. The Hall–Kier alpha value is -0.580. The number of hydrogen-bond acceptors (Lipinski definition) is 2. The van der Waals surface area contributed by atoms with E-state index in [4.69, 9.17) is 11.6 Å². The fraction of sp³-hybridized carbons (Fsp3) is 0.625. The SMILES string of the molecule is CCC1CCCCCN1S(=O)(=O)c1cccc(CCl)c1C. The third-order valence-electron chi connectivity index (χ3n) is 4.42. The number of hydrogen-bond donors (Lipinski definition) is 0. The molecule has 0 radical (unpaired) electrons. The first-order chi connectivity index (χ1) is 10.0. The molecular formula is C16H24ClNO2S. The van der Waals surface area contributed by atoms with Crippen LogP contribution in [-0.4, -0.2) is 25.3 Å². The fourth-order valence-corrected chi connectivity index (χ4v) is 5.41. The molecule has 0 amide bonds. The van der Waals surface area contributed by atoms with Gasteiger partial charge in [-0.05, 0) is 43.4 Å². The van der Waals surface area contributed by atoms with Gasteiger partial charge in [0.25, 0.3) is 0 Å². The quantitative estimate of drug-likeness (QED) is 0.781. The molecule has 1 aliphatic heterocycles. The molecule has 3 nitrogen and oxygen atoms in total. The monoisotopic (exact) mass is 329 g/mol. The fourth-order valence-electron chi connectivity index (χ4n) is 3.09. The third kappa shape index (κ3) is 3.43. The van der Waals surface area contributed by atoms with Crippen molar-refractivity contribution >= 4 is 21.6 Å². The standard InChI is InChI=1S/C16H24ClNO2S/c1-3-15-9-5-4-6-11-18(15)21(19,20)16-10-7-8-14(12-17)13(16)2/h7-8,10,15H,3-6,9,11-12H2,1-2H3. The minimum Gasteiger partial charge on any atom is -0.207 e. The number of benzene rings is 1. The van der Waals surface area contributed by atoms with Crippen molar-refractivity contribution in [3.8, 4) is 0 Å². The Morgan fingerprint density at radius 2 is 2.05 bits per heavy atom. The van der Waals surface area contributed by atoms with Gasteiger partial charge in [-0.3, -0.25) is 0 Å². The summed E-state index contributed by atoms with van der Waals surface area (Å²) in [6.07, 6.45) is 5.01. The van der Waals surface area contributed by atoms with Gasteiger partial charge in [0.2, 0.25) is 10.0 Å². The van der Waals surface area contributed by atoms with Crippen molar-refractivity contribution in [2.45, 2.75) is 62.8 Å². The van der Waals surface area contributed by atoms with Crippen LogP contribution in [0.5, 0.6) is 0 Å². The van der Waals surface area contributed by atoms with Crippen molar-refractivity contribution in [1.29, 1.82) is 0 Å². The highest BCUT2D eigenvalue weighted by molar-refractivity contribution is 7.89. The van der Waals surface area contributed by atoms with Crippen LogP contribution >= 0.6 is 11.6 Å². The van der Waals surface area contributed by atoms with E-state index in [1.54, 1.807) is 16.4 Å². The Labute approximate surface area is 133 Å². The summed E-state index contributed by atoms with van der Waals surface area (Å²) in [5.74, 6) is 0.340. The molecule has 0 N–H and O–H groups in total. The summed E-state index contributed by atoms with van der Waals surface area (Å²) in [6.45, 7) is 4.55. The first-order valence-electron chi connectivity index (χ1n) is 7.68. The number of alkyl halides is 1. The van der Waals surface area contributed by atoms with Gasteiger partial charge in [0.05, 0.1) is 4.90 Å². The lowest BCUT2D eigenvalue weighted by atomic mass is 10.1. The molecule has 1 fully saturated rings.